The molecule has 0 saturated carbocycles. The number of nitrogens with zero attached hydrogens (tertiary/aromatic N) is 1. The van der Waals surface area contributed by atoms with Gasteiger partial charge in [0.05, 0.1) is 0 Å². The molecule has 0 spiro atoms. The third-order valence-electron chi connectivity index (χ3n) is 4.97. The molecule has 1 saturated heterocycles. The monoisotopic (exact) mass is 348 g/mol. The predicted octanol–water partition coefficient (Wildman–Crippen LogP) is 4.12. The van der Waals surface area contributed by atoms with Crippen LogP contribution in [0.3, 0.4) is 0 Å². The molecule has 0 aliphatic carbocycles. The predicted molar refractivity (Wildman–Crippen MR) is 103 cm³/mol. The normalized spacial score (nSPS) is 17.2. The Balaban J connectivity index is 1.37. The van der Waals surface area contributed by atoms with Gasteiger partial charge in [-0.2, -0.15) is 0 Å². The maximum atomic E-state index is 13.1. The maximum Gasteiger partial charge on any atom is 0.227 e. The first-order valence-electron chi connectivity index (χ1n) is 8.94. The summed E-state index contributed by atoms with van der Waals surface area (Å²) < 4.78 is 13.1. The fourth-order valence-corrected chi connectivity index (χ4v) is 3.65. The molecule has 0 radical (unpaired) electrons. The second kappa shape index (κ2) is 7.26. The van der Waals surface area contributed by atoms with E-state index < -0.39 is 0 Å². The van der Waals surface area contributed by atoms with Gasteiger partial charge in [-0.15, -0.1) is 0 Å². The van der Waals surface area contributed by atoms with E-state index in [9.17, 15) is 9.18 Å². The second-order valence-corrected chi connectivity index (χ2v) is 6.82. The molecule has 1 atom stereocenters. The Kier molecular flexibility index (Phi) is 4.67. The lowest BCUT2D eigenvalue weighted by atomic mass is 10.0. The molecule has 1 aliphatic rings. The van der Waals surface area contributed by atoms with Crippen LogP contribution in [-0.4, -0.2) is 19.0 Å². The summed E-state index contributed by atoms with van der Waals surface area (Å²) in [5, 5.41) is 6.00. The molecule has 3 aromatic carbocycles. The first-order chi connectivity index (χ1) is 12.7. The highest BCUT2D eigenvalue weighted by Crippen LogP contribution is 2.25. The van der Waals surface area contributed by atoms with Crippen molar-refractivity contribution in [2.24, 2.45) is 5.92 Å². The highest BCUT2D eigenvalue weighted by molar-refractivity contribution is 5.95. The summed E-state index contributed by atoms with van der Waals surface area (Å²) in [5.74, 6) is 0.0878. The van der Waals surface area contributed by atoms with Crippen molar-refractivity contribution in [2.45, 2.75) is 13.0 Å². The minimum absolute atomic E-state index is 0.105. The molecule has 0 bridgehead atoms. The van der Waals surface area contributed by atoms with Crippen LogP contribution in [0.4, 0.5) is 10.1 Å². The number of benzene rings is 3. The molecule has 1 unspecified atom stereocenters. The zero-order valence-electron chi connectivity index (χ0n) is 14.5. The van der Waals surface area contributed by atoms with Gasteiger partial charge in [-0.3, -0.25) is 4.79 Å². The molecule has 26 heavy (non-hydrogen) atoms. The number of nitrogens with one attached hydrogen (secondary N) is 1. The van der Waals surface area contributed by atoms with Crippen molar-refractivity contribution in [3.63, 3.8) is 0 Å². The SMILES string of the molecule is O=C1CC(CNCc2cccc3ccccc23)CN1c1ccc(F)cc1. The number of carbonyl (C=O) groups excluding carboxylic acids is 1. The number of amides is 1. The third kappa shape index (κ3) is 3.46. The van der Waals surface area contributed by atoms with Crippen molar-refractivity contribution in [3.8, 4) is 0 Å². The molecule has 1 N–H and O–H groups in total. The summed E-state index contributed by atoms with van der Waals surface area (Å²) in [7, 11) is 0. The Morgan fingerprint density at radius 1 is 1.00 bits per heavy atom. The summed E-state index contributed by atoms with van der Waals surface area (Å²) >= 11 is 0. The standard InChI is InChI=1S/C22H21FN2O/c23-19-8-10-20(11-9-19)25-15-16(12-22(25)26)13-24-14-18-6-3-5-17-4-1-2-7-21(17)18/h1-11,16,24H,12-15H2. The van der Waals surface area contributed by atoms with E-state index in [-0.39, 0.29) is 17.6 Å². The molecule has 132 valence electrons. The topological polar surface area (TPSA) is 32.3 Å². The lowest BCUT2D eigenvalue weighted by Crippen LogP contribution is -2.27. The van der Waals surface area contributed by atoms with E-state index in [4.69, 9.17) is 0 Å². The van der Waals surface area contributed by atoms with E-state index in [1.807, 2.05) is 6.07 Å². The van der Waals surface area contributed by atoms with Crippen LogP contribution in [0.25, 0.3) is 10.8 Å². The smallest absolute Gasteiger partial charge is 0.227 e. The van der Waals surface area contributed by atoms with Crippen LogP contribution < -0.4 is 10.2 Å². The quantitative estimate of drug-likeness (QED) is 0.752. The molecule has 3 aromatic rings. The van der Waals surface area contributed by atoms with Crippen molar-refractivity contribution in [3.05, 3.63) is 78.1 Å². The lowest BCUT2D eigenvalue weighted by molar-refractivity contribution is -0.117. The molecular formula is C22H21FN2O. The van der Waals surface area contributed by atoms with Crippen molar-refractivity contribution >= 4 is 22.4 Å². The average molecular weight is 348 g/mol. The Bertz CT molecular complexity index is 918. The molecule has 3 nitrogen and oxygen atoms in total. The molecule has 1 aliphatic heterocycles. The molecular weight excluding hydrogens is 327 g/mol. The van der Waals surface area contributed by atoms with E-state index in [0.717, 1.165) is 18.8 Å². The first kappa shape index (κ1) is 16.7. The summed E-state index contributed by atoms with van der Waals surface area (Å²) in [6.45, 7) is 2.24. The number of hydrogen-bond donors (Lipinski definition) is 1. The summed E-state index contributed by atoms with van der Waals surface area (Å²) in [4.78, 5) is 14.0. The summed E-state index contributed by atoms with van der Waals surface area (Å²) in [6.07, 6.45) is 0.528. The van der Waals surface area contributed by atoms with Gasteiger partial charge in [0.25, 0.3) is 0 Å². The first-order valence-corrected chi connectivity index (χ1v) is 8.94. The summed E-state index contributed by atoms with van der Waals surface area (Å²) in [6, 6.07) is 20.8. The average Bonchev–Trinajstić information content (AvgIpc) is 3.03. The Morgan fingerprint density at radius 2 is 1.77 bits per heavy atom. The van der Waals surface area contributed by atoms with Crippen LogP contribution in [0, 0.1) is 11.7 Å². The highest BCUT2D eigenvalue weighted by Gasteiger charge is 2.30. The summed E-state index contributed by atoms with van der Waals surface area (Å²) in [5.41, 5.74) is 2.04. The van der Waals surface area contributed by atoms with E-state index in [1.165, 1.54) is 28.5 Å². The Morgan fingerprint density at radius 3 is 2.62 bits per heavy atom. The van der Waals surface area contributed by atoms with Crippen LogP contribution in [0.1, 0.15) is 12.0 Å². The molecule has 0 aromatic heterocycles. The minimum atomic E-state index is -0.284. The van der Waals surface area contributed by atoms with Gasteiger partial charge < -0.3 is 10.2 Å². The number of anilines is 1. The van der Waals surface area contributed by atoms with E-state index >= 15 is 0 Å². The van der Waals surface area contributed by atoms with Gasteiger partial charge >= 0.3 is 0 Å². The molecule has 4 rings (SSSR count). The molecule has 1 amide bonds. The van der Waals surface area contributed by atoms with Crippen LogP contribution in [0.15, 0.2) is 66.7 Å². The highest BCUT2D eigenvalue weighted by atomic mass is 19.1. The largest absolute Gasteiger partial charge is 0.312 e. The van der Waals surface area contributed by atoms with Crippen molar-refractivity contribution in [1.29, 1.82) is 0 Å². The van der Waals surface area contributed by atoms with E-state index in [1.54, 1.807) is 17.0 Å². The van der Waals surface area contributed by atoms with Gasteiger partial charge in [-0.1, -0.05) is 42.5 Å². The van der Waals surface area contributed by atoms with Crippen molar-refractivity contribution in [1.82, 2.24) is 5.32 Å². The van der Waals surface area contributed by atoms with Crippen LogP contribution in [-0.2, 0) is 11.3 Å². The third-order valence-corrected chi connectivity index (χ3v) is 4.97. The minimum Gasteiger partial charge on any atom is -0.312 e. The number of carbonyl (C=O) groups is 1. The maximum absolute atomic E-state index is 13.1. The van der Waals surface area contributed by atoms with Gasteiger partial charge in [0.2, 0.25) is 5.91 Å². The second-order valence-electron chi connectivity index (χ2n) is 6.82. The van der Waals surface area contributed by atoms with Gasteiger partial charge in [-0.05, 0) is 46.5 Å². The molecule has 4 heteroatoms. The van der Waals surface area contributed by atoms with Crippen LogP contribution in [0.2, 0.25) is 0 Å². The van der Waals surface area contributed by atoms with Gasteiger partial charge in [0.1, 0.15) is 5.82 Å². The molecule has 1 heterocycles. The van der Waals surface area contributed by atoms with Crippen molar-refractivity contribution < 1.29 is 9.18 Å². The van der Waals surface area contributed by atoms with Crippen LogP contribution >= 0.6 is 0 Å². The Hall–Kier alpha value is -2.72. The number of fused-ring (bicyclic) bond motifs is 1. The number of halogens is 1. The Labute approximate surface area is 152 Å². The van der Waals surface area contributed by atoms with E-state index in [0.29, 0.717) is 13.0 Å². The molecule has 1 fully saturated rings. The fraction of sp³-hybridized carbons (Fsp3) is 0.227. The fourth-order valence-electron chi connectivity index (χ4n) is 3.65. The lowest BCUT2D eigenvalue weighted by Gasteiger charge is -2.17. The number of hydrogen-bond acceptors (Lipinski definition) is 2. The van der Waals surface area contributed by atoms with Gasteiger partial charge in [0, 0.05) is 31.7 Å². The zero-order chi connectivity index (χ0) is 17.9. The van der Waals surface area contributed by atoms with E-state index in [2.05, 4.69) is 41.7 Å². The van der Waals surface area contributed by atoms with Crippen LogP contribution in [0.5, 0.6) is 0 Å². The zero-order valence-corrected chi connectivity index (χ0v) is 14.5. The van der Waals surface area contributed by atoms with Crippen molar-refractivity contribution in [2.75, 3.05) is 18.0 Å². The van der Waals surface area contributed by atoms with Gasteiger partial charge in [0.15, 0.2) is 0 Å². The van der Waals surface area contributed by atoms with Gasteiger partial charge in [-0.25, -0.2) is 4.39 Å². The number of rotatable bonds is 5.